The van der Waals surface area contributed by atoms with Gasteiger partial charge in [0.2, 0.25) is 0 Å². The van der Waals surface area contributed by atoms with E-state index in [0.29, 0.717) is 12.1 Å². The Morgan fingerprint density at radius 2 is 2.07 bits per heavy atom. The quantitative estimate of drug-likeness (QED) is 0.832. The van der Waals surface area contributed by atoms with E-state index in [1.54, 1.807) is 0 Å². The molecule has 0 radical (unpaired) electrons. The van der Waals surface area contributed by atoms with Gasteiger partial charge < -0.3 is 4.98 Å². The first kappa shape index (κ1) is 9.08. The summed E-state index contributed by atoms with van der Waals surface area (Å²) in [6.07, 6.45) is 0.632. The second-order valence-electron chi connectivity index (χ2n) is 2.66. The maximum Gasteiger partial charge on any atom is 0.194 e. The first-order chi connectivity index (χ1) is 6.81. The molecule has 1 N–H and O–H groups in total. The standard InChI is InChI=1S/C9H6BrN3O/c10-7-4-2-1-3-6(7)9-11-8(5-14)12-13-9/h1-5H,(H,11,12,13). The number of nitrogens with one attached hydrogen (secondary N) is 1. The zero-order valence-corrected chi connectivity index (χ0v) is 8.65. The van der Waals surface area contributed by atoms with Crippen molar-refractivity contribution in [2.24, 2.45) is 0 Å². The molecule has 5 heteroatoms. The summed E-state index contributed by atoms with van der Waals surface area (Å²) < 4.78 is 0.911. The number of rotatable bonds is 2. The smallest absolute Gasteiger partial charge is 0.194 e. The molecule has 1 aromatic carbocycles. The van der Waals surface area contributed by atoms with E-state index < -0.39 is 0 Å². The Balaban J connectivity index is 2.49. The Morgan fingerprint density at radius 1 is 1.29 bits per heavy atom. The van der Waals surface area contributed by atoms with Crippen molar-refractivity contribution in [1.82, 2.24) is 15.2 Å². The largest absolute Gasteiger partial charge is 0.319 e. The Morgan fingerprint density at radius 3 is 2.71 bits per heavy atom. The lowest BCUT2D eigenvalue weighted by Gasteiger charge is -1.97. The van der Waals surface area contributed by atoms with Gasteiger partial charge in [0.25, 0.3) is 0 Å². The molecule has 0 saturated heterocycles. The van der Waals surface area contributed by atoms with Crippen molar-refractivity contribution in [3.8, 4) is 11.4 Å². The van der Waals surface area contributed by atoms with Gasteiger partial charge in [-0.3, -0.25) is 4.79 Å². The van der Waals surface area contributed by atoms with Gasteiger partial charge in [-0.25, -0.2) is 0 Å². The van der Waals surface area contributed by atoms with Crippen molar-refractivity contribution >= 4 is 22.2 Å². The predicted molar refractivity (Wildman–Crippen MR) is 54.9 cm³/mol. The molecule has 14 heavy (non-hydrogen) atoms. The minimum Gasteiger partial charge on any atom is -0.319 e. The second kappa shape index (κ2) is 3.71. The Labute approximate surface area is 88.5 Å². The van der Waals surface area contributed by atoms with Crippen LogP contribution in [0.2, 0.25) is 0 Å². The van der Waals surface area contributed by atoms with Crippen molar-refractivity contribution < 1.29 is 4.79 Å². The molecule has 1 heterocycles. The number of carbonyl (C=O) groups excluding carboxylic acids is 1. The zero-order chi connectivity index (χ0) is 9.97. The summed E-state index contributed by atoms with van der Waals surface area (Å²) in [6.45, 7) is 0. The summed E-state index contributed by atoms with van der Waals surface area (Å²) in [5, 5.41) is 7.51. The maximum absolute atomic E-state index is 10.4. The van der Waals surface area contributed by atoms with Gasteiger partial charge in [-0.2, -0.15) is 0 Å². The normalized spacial score (nSPS) is 10.1. The zero-order valence-electron chi connectivity index (χ0n) is 7.07. The van der Waals surface area contributed by atoms with E-state index in [2.05, 4.69) is 31.1 Å². The molecule has 0 aliphatic heterocycles. The molecular formula is C9H6BrN3O. The molecule has 2 aromatic rings. The third kappa shape index (κ3) is 1.58. The lowest BCUT2D eigenvalue weighted by molar-refractivity contribution is 0.111. The Kier molecular flexibility index (Phi) is 2.41. The molecule has 0 unspecified atom stereocenters. The molecular weight excluding hydrogens is 246 g/mol. The highest BCUT2D eigenvalue weighted by Crippen LogP contribution is 2.24. The monoisotopic (exact) mass is 251 g/mol. The number of halogens is 1. The number of nitrogens with zero attached hydrogens (tertiary/aromatic N) is 2. The average molecular weight is 252 g/mol. The van der Waals surface area contributed by atoms with Crippen LogP contribution >= 0.6 is 15.9 Å². The summed E-state index contributed by atoms with van der Waals surface area (Å²) in [6, 6.07) is 7.59. The van der Waals surface area contributed by atoms with Crippen LogP contribution in [0.1, 0.15) is 10.6 Å². The topological polar surface area (TPSA) is 58.6 Å². The van der Waals surface area contributed by atoms with Gasteiger partial charge in [-0.05, 0) is 6.07 Å². The number of aldehydes is 1. The van der Waals surface area contributed by atoms with E-state index in [0.717, 1.165) is 10.0 Å². The molecule has 1 aromatic heterocycles. The van der Waals surface area contributed by atoms with Gasteiger partial charge in [0.05, 0.1) is 0 Å². The maximum atomic E-state index is 10.4. The van der Waals surface area contributed by atoms with Crippen LogP contribution in [0.5, 0.6) is 0 Å². The minimum atomic E-state index is 0.232. The number of H-pyrrole nitrogens is 1. The molecule has 2 rings (SSSR count). The fourth-order valence-electron chi connectivity index (χ4n) is 1.10. The van der Waals surface area contributed by atoms with E-state index in [4.69, 9.17) is 0 Å². The van der Waals surface area contributed by atoms with Crippen molar-refractivity contribution in [3.05, 3.63) is 34.6 Å². The Bertz CT molecular complexity index is 467. The first-order valence-corrected chi connectivity index (χ1v) is 4.73. The fraction of sp³-hybridized carbons (Fsp3) is 0. The van der Waals surface area contributed by atoms with Crippen molar-refractivity contribution in [2.45, 2.75) is 0 Å². The number of carbonyl (C=O) groups is 1. The van der Waals surface area contributed by atoms with Crippen molar-refractivity contribution in [1.29, 1.82) is 0 Å². The van der Waals surface area contributed by atoms with E-state index in [-0.39, 0.29) is 5.82 Å². The SMILES string of the molecule is O=Cc1nnc(-c2ccccc2Br)[nH]1. The van der Waals surface area contributed by atoms with Crippen LogP contribution in [0.4, 0.5) is 0 Å². The highest BCUT2D eigenvalue weighted by atomic mass is 79.9. The van der Waals surface area contributed by atoms with E-state index in [1.165, 1.54) is 0 Å². The summed E-state index contributed by atoms with van der Waals surface area (Å²) in [7, 11) is 0. The van der Waals surface area contributed by atoms with Crippen LogP contribution in [0.25, 0.3) is 11.4 Å². The molecule has 0 fully saturated rings. The van der Waals surface area contributed by atoms with Gasteiger partial charge in [0.1, 0.15) is 0 Å². The summed E-state index contributed by atoms with van der Waals surface area (Å²) in [5.74, 6) is 0.815. The number of aromatic nitrogens is 3. The van der Waals surface area contributed by atoms with E-state index in [1.807, 2.05) is 24.3 Å². The van der Waals surface area contributed by atoms with Crippen molar-refractivity contribution in [3.63, 3.8) is 0 Å². The molecule has 0 spiro atoms. The fourth-order valence-corrected chi connectivity index (χ4v) is 1.58. The number of aromatic amines is 1. The lowest BCUT2D eigenvalue weighted by atomic mass is 10.2. The second-order valence-corrected chi connectivity index (χ2v) is 3.51. The molecule has 0 aliphatic carbocycles. The van der Waals surface area contributed by atoms with Crippen LogP contribution in [-0.4, -0.2) is 21.5 Å². The molecule has 0 bridgehead atoms. The number of hydrogen-bond donors (Lipinski definition) is 1. The van der Waals surface area contributed by atoms with Crippen LogP contribution in [0, 0.1) is 0 Å². The van der Waals surface area contributed by atoms with Crippen LogP contribution in [0.15, 0.2) is 28.7 Å². The summed E-state index contributed by atoms with van der Waals surface area (Å²) >= 11 is 3.39. The summed E-state index contributed by atoms with van der Waals surface area (Å²) in [4.78, 5) is 13.2. The highest BCUT2D eigenvalue weighted by Gasteiger charge is 2.06. The first-order valence-electron chi connectivity index (χ1n) is 3.94. The highest BCUT2D eigenvalue weighted by molar-refractivity contribution is 9.10. The molecule has 0 saturated carbocycles. The Hall–Kier alpha value is -1.49. The van der Waals surface area contributed by atoms with Gasteiger partial charge in [0.15, 0.2) is 17.9 Å². The molecule has 0 aliphatic rings. The van der Waals surface area contributed by atoms with Crippen molar-refractivity contribution in [2.75, 3.05) is 0 Å². The van der Waals surface area contributed by atoms with Gasteiger partial charge in [-0.15, -0.1) is 10.2 Å². The predicted octanol–water partition coefficient (Wildman–Crippen LogP) is 2.05. The third-order valence-corrected chi connectivity index (χ3v) is 2.44. The van der Waals surface area contributed by atoms with Crippen LogP contribution in [-0.2, 0) is 0 Å². The molecule has 0 amide bonds. The van der Waals surface area contributed by atoms with E-state index >= 15 is 0 Å². The number of hydrogen-bond acceptors (Lipinski definition) is 3. The minimum absolute atomic E-state index is 0.232. The van der Waals surface area contributed by atoms with Gasteiger partial charge in [-0.1, -0.05) is 34.1 Å². The van der Waals surface area contributed by atoms with Gasteiger partial charge in [0, 0.05) is 10.0 Å². The molecule has 0 atom stereocenters. The summed E-state index contributed by atoms with van der Waals surface area (Å²) in [5.41, 5.74) is 0.883. The van der Waals surface area contributed by atoms with Crippen LogP contribution in [0.3, 0.4) is 0 Å². The molecule has 4 nitrogen and oxygen atoms in total. The van der Waals surface area contributed by atoms with E-state index in [9.17, 15) is 4.79 Å². The lowest BCUT2D eigenvalue weighted by Crippen LogP contribution is -1.83. The van der Waals surface area contributed by atoms with Crippen LogP contribution < -0.4 is 0 Å². The third-order valence-electron chi connectivity index (χ3n) is 1.74. The molecule has 70 valence electrons. The van der Waals surface area contributed by atoms with Gasteiger partial charge >= 0.3 is 0 Å². The average Bonchev–Trinajstić information content (AvgIpc) is 2.67. The number of benzene rings is 1.